The average molecular weight is 297 g/mol. The van der Waals surface area contributed by atoms with Gasteiger partial charge in [0.2, 0.25) is 5.91 Å². The lowest BCUT2D eigenvalue weighted by molar-refractivity contribution is -0.122. The number of hydrogen-bond acceptors (Lipinski definition) is 4. The molecule has 0 aromatic carbocycles. The van der Waals surface area contributed by atoms with Gasteiger partial charge in [-0.3, -0.25) is 9.69 Å². The van der Waals surface area contributed by atoms with Crippen molar-refractivity contribution in [2.24, 2.45) is 0 Å². The van der Waals surface area contributed by atoms with E-state index in [4.69, 9.17) is 4.74 Å². The Morgan fingerprint density at radius 2 is 1.90 bits per heavy atom. The molecule has 0 bridgehead atoms. The number of carbonyl (C=O) groups excluding carboxylic acids is 1. The van der Waals surface area contributed by atoms with Crippen LogP contribution in [-0.4, -0.2) is 62.8 Å². The molecule has 0 spiro atoms. The predicted octanol–water partition coefficient (Wildman–Crippen LogP) is 1.14. The second kappa shape index (κ2) is 8.71. The lowest BCUT2D eigenvalue weighted by Crippen LogP contribution is -2.59. The molecule has 5 heteroatoms. The van der Waals surface area contributed by atoms with Gasteiger partial charge in [0.1, 0.15) is 0 Å². The highest BCUT2D eigenvalue weighted by atomic mass is 16.5. The van der Waals surface area contributed by atoms with Gasteiger partial charge in [-0.2, -0.15) is 0 Å². The number of amides is 1. The molecular formula is C16H31N3O2. The Labute approximate surface area is 128 Å². The maximum Gasteiger partial charge on any atom is 0.220 e. The SMILES string of the molecule is CNCCCC(=O)NCC1(N2CCCCC2)CCOCC1. The Morgan fingerprint density at radius 1 is 1.19 bits per heavy atom. The lowest BCUT2D eigenvalue weighted by atomic mass is 9.86. The molecule has 0 saturated carbocycles. The van der Waals surface area contributed by atoms with Gasteiger partial charge in [0.15, 0.2) is 0 Å². The number of nitrogens with one attached hydrogen (secondary N) is 2. The highest BCUT2D eigenvalue weighted by Crippen LogP contribution is 2.30. The molecule has 0 unspecified atom stereocenters. The van der Waals surface area contributed by atoms with Gasteiger partial charge in [-0.1, -0.05) is 6.42 Å². The van der Waals surface area contributed by atoms with Gasteiger partial charge in [-0.05, 0) is 58.8 Å². The van der Waals surface area contributed by atoms with E-state index >= 15 is 0 Å². The molecule has 2 rings (SSSR count). The highest BCUT2D eigenvalue weighted by molar-refractivity contribution is 5.75. The minimum Gasteiger partial charge on any atom is -0.381 e. The van der Waals surface area contributed by atoms with Gasteiger partial charge in [0, 0.05) is 31.7 Å². The second-order valence-corrected chi connectivity index (χ2v) is 6.37. The number of piperidine rings is 1. The van der Waals surface area contributed by atoms with Crippen molar-refractivity contribution in [3.05, 3.63) is 0 Å². The van der Waals surface area contributed by atoms with Gasteiger partial charge in [-0.15, -0.1) is 0 Å². The fourth-order valence-corrected chi connectivity index (χ4v) is 3.50. The number of likely N-dealkylation sites (tertiary alicyclic amines) is 1. The summed E-state index contributed by atoms with van der Waals surface area (Å²) in [7, 11) is 1.92. The van der Waals surface area contributed by atoms with Crippen LogP contribution in [0.4, 0.5) is 0 Å². The summed E-state index contributed by atoms with van der Waals surface area (Å²) in [6.07, 6.45) is 7.54. The summed E-state index contributed by atoms with van der Waals surface area (Å²) >= 11 is 0. The van der Waals surface area contributed by atoms with E-state index in [0.29, 0.717) is 6.42 Å². The van der Waals surface area contributed by atoms with Gasteiger partial charge in [0.25, 0.3) is 0 Å². The van der Waals surface area contributed by atoms with Crippen LogP contribution in [0.1, 0.15) is 44.9 Å². The molecule has 0 aromatic rings. The fourth-order valence-electron chi connectivity index (χ4n) is 3.50. The molecule has 2 aliphatic heterocycles. The van der Waals surface area contributed by atoms with Crippen molar-refractivity contribution < 1.29 is 9.53 Å². The Bertz CT molecular complexity index is 311. The molecule has 5 nitrogen and oxygen atoms in total. The van der Waals surface area contributed by atoms with Crippen LogP contribution in [-0.2, 0) is 9.53 Å². The molecule has 0 aliphatic carbocycles. The van der Waals surface area contributed by atoms with E-state index in [1.54, 1.807) is 0 Å². The number of hydrogen-bond donors (Lipinski definition) is 2. The van der Waals surface area contributed by atoms with Crippen LogP contribution in [0.3, 0.4) is 0 Å². The number of rotatable bonds is 7. The number of ether oxygens (including phenoxy) is 1. The normalized spacial score (nSPS) is 22.9. The monoisotopic (exact) mass is 297 g/mol. The molecule has 0 aromatic heterocycles. The Kier molecular flexibility index (Phi) is 6.93. The summed E-state index contributed by atoms with van der Waals surface area (Å²) < 4.78 is 5.55. The lowest BCUT2D eigenvalue weighted by Gasteiger charge is -2.48. The average Bonchev–Trinajstić information content (AvgIpc) is 2.55. The second-order valence-electron chi connectivity index (χ2n) is 6.37. The van der Waals surface area contributed by atoms with E-state index in [1.807, 2.05) is 7.05 Å². The molecule has 2 fully saturated rings. The van der Waals surface area contributed by atoms with Gasteiger partial charge >= 0.3 is 0 Å². The molecule has 0 radical (unpaired) electrons. The summed E-state index contributed by atoms with van der Waals surface area (Å²) in [6.45, 7) is 5.69. The maximum atomic E-state index is 12.0. The van der Waals surface area contributed by atoms with Gasteiger partial charge in [-0.25, -0.2) is 0 Å². The third kappa shape index (κ3) is 4.94. The first-order valence-corrected chi connectivity index (χ1v) is 8.51. The fraction of sp³-hybridized carbons (Fsp3) is 0.938. The molecule has 0 atom stereocenters. The van der Waals surface area contributed by atoms with Crippen LogP contribution in [0.5, 0.6) is 0 Å². The minimum absolute atomic E-state index is 0.136. The zero-order chi connectivity index (χ0) is 15.0. The molecule has 2 aliphatic rings. The van der Waals surface area contributed by atoms with E-state index in [9.17, 15) is 4.79 Å². The molecule has 2 N–H and O–H groups in total. The zero-order valence-electron chi connectivity index (χ0n) is 13.5. The Morgan fingerprint density at radius 3 is 2.57 bits per heavy atom. The Balaban J connectivity index is 1.85. The molecule has 2 heterocycles. The third-order valence-electron chi connectivity index (χ3n) is 4.90. The molecule has 122 valence electrons. The summed E-state index contributed by atoms with van der Waals surface area (Å²) in [6, 6.07) is 0. The van der Waals surface area contributed by atoms with Crippen LogP contribution >= 0.6 is 0 Å². The molecular weight excluding hydrogens is 266 g/mol. The van der Waals surface area contributed by atoms with E-state index in [1.165, 1.54) is 32.4 Å². The van der Waals surface area contributed by atoms with E-state index < -0.39 is 0 Å². The van der Waals surface area contributed by atoms with Crippen molar-refractivity contribution >= 4 is 5.91 Å². The standard InChI is InChI=1S/C16H31N3O2/c1-17-9-5-6-15(20)18-14-16(7-12-21-13-8-16)19-10-3-2-4-11-19/h17H,2-14H2,1H3,(H,18,20). The quantitative estimate of drug-likeness (QED) is 0.692. The van der Waals surface area contributed by atoms with E-state index in [2.05, 4.69) is 15.5 Å². The van der Waals surface area contributed by atoms with Gasteiger partial charge < -0.3 is 15.4 Å². The topological polar surface area (TPSA) is 53.6 Å². The van der Waals surface area contributed by atoms with Crippen LogP contribution in [0.2, 0.25) is 0 Å². The van der Waals surface area contributed by atoms with Crippen LogP contribution in [0.25, 0.3) is 0 Å². The number of carbonyl (C=O) groups is 1. The first-order chi connectivity index (χ1) is 10.3. The Hall–Kier alpha value is -0.650. The first kappa shape index (κ1) is 16.7. The van der Waals surface area contributed by atoms with Crippen molar-refractivity contribution in [3.8, 4) is 0 Å². The predicted molar refractivity (Wildman–Crippen MR) is 84.4 cm³/mol. The molecule has 21 heavy (non-hydrogen) atoms. The van der Waals surface area contributed by atoms with Crippen LogP contribution < -0.4 is 10.6 Å². The summed E-state index contributed by atoms with van der Waals surface area (Å²) in [5, 5.41) is 6.27. The minimum atomic E-state index is 0.136. The van der Waals surface area contributed by atoms with Gasteiger partial charge in [0.05, 0.1) is 0 Å². The largest absolute Gasteiger partial charge is 0.381 e. The molecule has 1 amide bonds. The van der Waals surface area contributed by atoms with E-state index in [0.717, 1.165) is 45.6 Å². The van der Waals surface area contributed by atoms with Crippen molar-refractivity contribution in [1.29, 1.82) is 0 Å². The third-order valence-corrected chi connectivity index (χ3v) is 4.90. The maximum absolute atomic E-state index is 12.0. The van der Waals surface area contributed by atoms with Crippen LogP contribution in [0.15, 0.2) is 0 Å². The van der Waals surface area contributed by atoms with E-state index in [-0.39, 0.29) is 11.4 Å². The molecule has 2 saturated heterocycles. The summed E-state index contributed by atoms with van der Waals surface area (Å²) in [5.74, 6) is 0.188. The smallest absolute Gasteiger partial charge is 0.220 e. The van der Waals surface area contributed by atoms with Crippen molar-refractivity contribution in [1.82, 2.24) is 15.5 Å². The van der Waals surface area contributed by atoms with Crippen molar-refractivity contribution in [2.75, 3.05) is 46.4 Å². The summed E-state index contributed by atoms with van der Waals surface area (Å²) in [5.41, 5.74) is 0.136. The zero-order valence-corrected chi connectivity index (χ0v) is 13.5. The van der Waals surface area contributed by atoms with Crippen LogP contribution in [0, 0.1) is 0 Å². The summed E-state index contributed by atoms with van der Waals surface area (Å²) in [4.78, 5) is 14.6. The van der Waals surface area contributed by atoms with Crippen molar-refractivity contribution in [2.45, 2.75) is 50.5 Å². The first-order valence-electron chi connectivity index (χ1n) is 8.51. The van der Waals surface area contributed by atoms with Crippen molar-refractivity contribution in [3.63, 3.8) is 0 Å². The highest BCUT2D eigenvalue weighted by Gasteiger charge is 2.38. The number of nitrogens with zero attached hydrogens (tertiary/aromatic N) is 1.